The van der Waals surface area contributed by atoms with E-state index in [-0.39, 0.29) is 0 Å². The van der Waals surface area contributed by atoms with Crippen molar-refractivity contribution in [2.24, 2.45) is 0 Å². The minimum absolute atomic E-state index is 0.330. The average Bonchev–Trinajstić information content (AvgIpc) is 2.67. The normalized spacial score (nSPS) is 10.5. The zero-order valence-corrected chi connectivity index (χ0v) is 14.7. The van der Waals surface area contributed by atoms with Crippen LogP contribution in [0.2, 0.25) is 5.02 Å². The van der Waals surface area contributed by atoms with E-state index in [1.165, 1.54) is 0 Å². The maximum Gasteiger partial charge on any atom is 0.159 e. The van der Waals surface area contributed by atoms with Crippen LogP contribution in [0.1, 0.15) is 24.5 Å². The fourth-order valence-electron chi connectivity index (χ4n) is 2.54. The molecule has 1 aromatic heterocycles. The maximum absolute atomic E-state index is 8.65. The van der Waals surface area contributed by atoms with Crippen LogP contribution in [0.4, 0.5) is 5.82 Å². The van der Waals surface area contributed by atoms with E-state index >= 15 is 0 Å². The Morgan fingerprint density at radius 3 is 2.28 bits per heavy atom. The molecule has 0 saturated carbocycles. The first-order valence-corrected chi connectivity index (χ1v) is 8.60. The number of rotatable bonds is 6. The largest absolute Gasteiger partial charge is 0.368 e. The number of benzene rings is 2. The van der Waals surface area contributed by atoms with E-state index in [4.69, 9.17) is 17.0 Å². The third kappa shape index (κ3) is 3.69. The van der Waals surface area contributed by atoms with Gasteiger partial charge in [0.2, 0.25) is 0 Å². The Hall–Kier alpha value is -2.72. The SMILES string of the molecule is CCCNc1nnc(-c2ccccc2)c(Cl)c1C(=N)c1ccccc1. The van der Waals surface area contributed by atoms with Crippen molar-refractivity contribution < 1.29 is 0 Å². The molecule has 0 amide bonds. The predicted molar refractivity (Wildman–Crippen MR) is 104 cm³/mol. The van der Waals surface area contributed by atoms with Crippen molar-refractivity contribution in [2.45, 2.75) is 13.3 Å². The summed E-state index contributed by atoms with van der Waals surface area (Å²) in [6.07, 6.45) is 0.942. The van der Waals surface area contributed by atoms with E-state index in [1.807, 2.05) is 60.7 Å². The molecule has 0 aliphatic rings. The molecule has 5 heteroatoms. The van der Waals surface area contributed by atoms with Crippen LogP contribution in [-0.4, -0.2) is 22.5 Å². The van der Waals surface area contributed by atoms with Gasteiger partial charge in [0, 0.05) is 17.7 Å². The Bertz CT molecular complexity index is 864. The topological polar surface area (TPSA) is 61.7 Å². The third-order valence-corrected chi connectivity index (χ3v) is 4.18. The van der Waals surface area contributed by atoms with Crippen LogP contribution in [0.15, 0.2) is 60.7 Å². The number of hydrogen-bond acceptors (Lipinski definition) is 4. The van der Waals surface area contributed by atoms with Gasteiger partial charge >= 0.3 is 0 Å². The molecule has 0 aliphatic heterocycles. The first-order valence-electron chi connectivity index (χ1n) is 8.22. The van der Waals surface area contributed by atoms with Crippen LogP contribution in [-0.2, 0) is 0 Å². The summed E-state index contributed by atoms with van der Waals surface area (Å²) < 4.78 is 0. The van der Waals surface area contributed by atoms with E-state index in [1.54, 1.807) is 0 Å². The molecular weight excluding hydrogens is 332 g/mol. The van der Waals surface area contributed by atoms with Gasteiger partial charge in [-0.1, -0.05) is 79.2 Å². The molecule has 0 bridgehead atoms. The Balaban J connectivity index is 2.13. The third-order valence-electron chi connectivity index (χ3n) is 3.82. The highest BCUT2D eigenvalue weighted by atomic mass is 35.5. The van der Waals surface area contributed by atoms with Gasteiger partial charge in [-0.05, 0) is 6.42 Å². The highest BCUT2D eigenvalue weighted by Gasteiger charge is 2.20. The minimum atomic E-state index is 0.330. The lowest BCUT2D eigenvalue weighted by Crippen LogP contribution is -2.13. The molecule has 3 aromatic rings. The first-order chi connectivity index (χ1) is 12.2. The summed E-state index contributed by atoms with van der Waals surface area (Å²) in [5.41, 5.74) is 3.16. The van der Waals surface area contributed by atoms with Crippen molar-refractivity contribution in [1.82, 2.24) is 10.2 Å². The monoisotopic (exact) mass is 350 g/mol. The minimum Gasteiger partial charge on any atom is -0.368 e. The molecule has 2 N–H and O–H groups in total. The van der Waals surface area contributed by atoms with Gasteiger partial charge in [0.1, 0.15) is 5.69 Å². The molecule has 0 radical (unpaired) electrons. The van der Waals surface area contributed by atoms with Gasteiger partial charge in [-0.15, -0.1) is 10.2 Å². The highest BCUT2D eigenvalue weighted by molar-refractivity contribution is 6.38. The van der Waals surface area contributed by atoms with Crippen LogP contribution < -0.4 is 5.32 Å². The van der Waals surface area contributed by atoms with Crippen molar-refractivity contribution in [3.8, 4) is 11.3 Å². The standard InChI is InChI=1S/C20H19ClN4/c1-2-13-23-20-16(18(22)14-9-5-3-6-10-14)17(21)19(24-25-20)15-11-7-4-8-12-15/h3-12,22H,2,13H2,1H3,(H,23,25). The molecule has 2 aromatic carbocycles. The van der Waals surface area contributed by atoms with E-state index in [9.17, 15) is 0 Å². The Labute approximate surface area is 152 Å². The summed E-state index contributed by atoms with van der Waals surface area (Å²) in [6, 6.07) is 19.2. The van der Waals surface area contributed by atoms with Gasteiger partial charge < -0.3 is 5.32 Å². The van der Waals surface area contributed by atoms with Crippen LogP contribution >= 0.6 is 11.6 Å². The van der Waals surface area contributed by atoms with E-state index < -0.39 is 0 Å². The second-order valence-corrected chi connectivity index (χ2v) is 6.00. The summed E-state index contributed by atoms with van der Waals surface area (Å²) in [5.74, 6) is 0.542. The quantitative estimate of drug-likeness (QED) is 0.612. The summed E-state index contributed by atoms with van der Waals surface area (Å²) in [6.45, 7) is 2.81. The molecule has 4 nitrogen and oxygen atoms in total. The maximum atomic E-state index is 8.65. The Morgan fingerprint density at radius 1 is 1.00 bits per heavy atom. The molecule has 1 heterocycles. The van der Waals surface area contributed by atoms with Gasteiger partial charge in [0.15, 0.2) is 5.82 Å². The highest BCUT2D eigenvalue weighted by Crippen LogP contribution is 2.33. The molecular formula is C20H19ClN4. The molecule has 3 rings (SSSR count). The fourth-order valence-corrected chi connectivity index (χ4v) is 2.87. The number of halogens is 1. The zero-order chi connectivity index (χ0) is 17.6. The van der Waals surface area contributed by atoms with E-state index in [0.29, 0.717) is 27.8 Å². The zero-order valence-electron chi connectivity index (χ0n) is 14.0. The lowest BCUT2D eigenvalue weighted by molar-refractivity contribution is 0.943. The molecule has 0 atom stereocenters. The van der Waals surface area contributed by atoms with Crippen molar-refractivity contribution in [1.29, 1.82) is 5.41 Å². The summed E-state index contributed by atoms with van der Waals surface area (Å²) in [4.78, 5) is 0. The lowest BCUT2D eigenvalue weighted by atomic mass is 10.0. The molecule has 0 saturated heterocycles. The van der Waals surface area contributed by atoms with Gasteiger partial charge in [0.05, 0.1) is 16.3 Å². The van der Waals surface area contributed by atoms with Crippen molar-refractivity contribution in [2.75, 3.05) is 11.9 Å². The second kappa shape index (κ2) is 7.90. The van der Waals surface area contributed by atoms with E-state index in [2.05, 4.69) is 22.4 Å². The smallest absolute Gasteiger partial charge is 0.159 e. The molecule has 0 aliphatic carbocycles. The summed E-state index contributed by atoms with van der Waals surface area (Å²) in [7, 11) is 0. The molecule has 0 unspecified atom stereocenters. The van der Waals surface area contributed by atoms with Crippen LogP contribution in [0, 0.1) is 5.41 Å². The summed E-state index contributed by atoms with van der Waals surface area (Å²) >= 11 is 6.69. The van der Waals surface area contributed by atoms with Crippen molar-refractivity contribution >= 4 is 23.1 Å². The first kappa shape index (κ1) is 17.1. The second-order valence-electron chi connectivity index (χ2n) is 5.62. The number of aromatic nitrogens is 2. The molecule has 126 valence electrons. The predicted octanol–water partition coefficient (Wildman–Crippen LogP) is 5.04. The molecule has 0 fully saturated rings. The number of hydrogen-bond donors (Lipinski definition) is 2. The van der Waals surface area contributed by atoms with Gasteiger partial charge in [-0.2, -0.15) is 0 Å². The Kier molecular flexibility index (Phi) is 5.41. The number of nitrogens with one attached hydrogen (secondary N) is 2. The number of nitrogens with zero attached hydrogens (tertiary/aromatic N) is 2. The van der Waals surface area contributed by atoms with E-state index in [0.717, 1.165) is 24.1 Å². The van der Waals surface area contributed by atoms with Gasteiger partial charge in [-0.3, -0.25) is 5.41 Å². The molecule has 0 spiro atoms. The summed E-state index contributed by atoms with van der Waals surface area (Å²) in [5, 5.41) is 20.9. The van der Waals surface area contributed by atoms with Gasteiger partial charge in [-0.25, -0.2) is 0 Å². The van der Waals surface area contributed by atoms with Crippen molar-refractivity contribution in [3.05, 3.63) is 76.8 Å². The number of anilines is 1. The average molecular weight is 351 g/mol. The van der Waals surface area contributed by atoms with Crippen molar-refractivity contribution in [3.63, 3.8) is 0 Å². The Morgan fingerprint density at radius 2 is 1.64 bits per heavy atom. The molecule has 25 heavy (non-hydrogen) atoms. The van der Waals surface area contributed by atoms with Crippen LogP contribution in [0.3, 0.4) is 0 Å². The fraction of sp³-hybridized carbons (Fsp3) is 0.150. The van der Waals surface area contributed by atoms with Crippen LogP contribution in [0.5, 0.6) is 0 Å². The lowest BCUT2D eigenvalue weighted by Gasteiger charge is -2.15. The van der Waals surface area contributed by atoms with Crippen LogP contribution in [0.25, 0.3) is 11.3 Å². The van der Waals surface area contributed by atoms with Gasteiger partial charge in [0.25, 0.3) is 0 Å².